The van der Waals surface area contributed by atoms with E-state index < -0.39 is 5.41 Å². The largest absolute Gasteiger partial charge is 0.396 e. The van der Waals surface area contributed by atoms with E-state index in [2.05, 4.69) is 5.32 Å². The van der Waals surface area contributed by atoms with Crippen LogP contribution in [0.25, 0.3) is 0 Å². The number of carbonyl (C=O) groups is 1. The van der Waals surface area contributed by atoms with Crippen molar-refractivity contribution in [3.63, 3.8) is 0 Å². The van der Waals surface area contributed by atoms with Crippen LogP contribution in [0, 0.1) is 11.2 Å². The number of hydrogen-bond donors (Lipinski definition) is 2. The standard InChI is InChI=1S/C15H20FNO2/c1-14(2,10-18)9-17-13(19)15(7-8-15)11-3-5-12(16)6-4-11/h3-6,18H,7-10H2,1-2H3,(H,17,19). The molecule has 0 heterocycles. The van der Waals surface area contributed by atoms with E-state index in [0.29, 0.717) is 6.54 Å². The van der Waals surface area contributed by atoms with Crippen LogP contribution in [0.5, 0.6) is 0 Å². The molecule has 1 saturated carbocycles. The van der Waals surface area contributed by atoms with Gasteiger partial charge in [-0.1, -0.05) is 26.0 Å². The normalized spacial score (nSPS) is 17.1. The third-order valence-corrected chi connectivity index (χ3v) is 3.74. The summed E-state index contributed by atoms with van der Waals surface area (Å²) in [6.07, 6.45) is 1.59. The quantitative estimate of drug-likeness (QED) is 0.855. The van der Waals surface area contributed by atoms with Crippen LogP contribution in [0.1, 0.15) is 32.3 Å². The molecule has 1 aromatic carbocycles. The van der Waals surface area contributed by atoms with E-state index in [4.69, 9.17) is 0 Å². The van der Waals surface area contributed by atoms with Gasteiger partial charge in [-0.25, -0.2) is 4.39 Å². The van der Waals surface area contributed by atoms with Gasteiger partial charge in [0.15, 0.2) is 0 Å². The maximum atomic E-state index is 12.9. The molecule has 1 amide bonds. The summed E-state index contributed by atoms with van der Waals surface area (Å²) in [4.78, 5) is 12.3. The Kier molecular flexibility index (Phi) is 3.63. The predicted octanol–water partition coefficient (Wildman–Crippen LogP) is 1.99. The van der Waals surface area contributed by atoms with Gasteiger partial charge < -0.3 is 10.4 Å². The number of benzene rings is 1. The monoisotopic (exact) mass is 265 g/mol. The lowest BCUT2D eigenvalue weighted by Crippen LogP contribution is -2.41. The number of amides is 1. The number of rotatable bonds is 5. The Morgan fingerprint density at radius 3 is 2.42 bits per heavy atom. The lowest BCUT2D eigenvalue weighted by molar-refractivity contribution is -0.124. The number of aliphatic hydroxyl groups excluding tert-OH is 1. The van der Waals surface area contributed by atoms with E-state index >= 15 is 0 Å². The topological polar surface area (TPSA) is 49.3 Å². The van der Waals surface area contributed by atoms with E-state index in [-0.39, 0.29) is 23.7 Å². The van der Waals surface area contributed by atoms with E-state index in [1.54, 1.807) is 12.1 Å². The van der Waals surface area contributed by atoms with Crippen molar-refractivity contribution >= 4 is 5.91 Å². The smallest absolute Gasteiger partial charge is 0.230 e. The Morgan fingerprint density at radius 2 is 1.95 bits per heavy atom. The molecule has 0 unspecified atom stereocenters. The zero-order valence-corrected chi connectivity index (χ0v) is 11.4. The fourth-order valence-corrected chi connectivity index (χ4v) is 2.09. The first-order valence-electron chi connectivity index (χ1n) is 6.55. The summed E-state index contributed by atoms with van der Waals surface area (Å²) in [6.45, 7) is 4.25. The molecule has 0 radical (unpaired) electrons. The average molecular weight is 265 g/mol. The van der Waals surface area contributed by atoms with Crippen LogP contribution in [-0.2, 0) is 10.2 Å². The van der Waals surface area contributed by atoms with Crippen molar-refractivity contribution in [3.8, 4) is 0 Å². The summed E-state index contributed by atoms with van der Waals surface area (Å²) < 4.78 is 12.9. The fourth-order valence-electron chi connectivity index (χ4n) is 2.09. The molecule has 2 rings (SSSR count). The number of carbonyl (C=O) groups excluding carboxylic acids is 1. The minimum Gasteiger partial charge on any atom is -0.396 e. The van der Waals surface area contributed by atoms with Crippen LogP contribution in [0.3, 0.4) is 0 Å². The summed E-state index contributed by atoms with van der Waals surface area (Å²) in [5, 5.41) is 12.1. The highest BCUT2D eigenvalue weighted by molar-refractivity contribution is 5.91. The number of nitrogens with one attached hydrogen (secondary N) is 1. The number of halogens is 1. The van der Waals surface area contributed by atoms with Gasteiger partial charge in [0.05, 0.1) is 5.41 Å². The van der Waals surface area contributed by atoms with Crippen LogP contribution in [-0.4, -0.2) is 24.2 Å². The van der Waals surface area contributed by atoms with Crippen LogP contribution in [0.4, 0.5) is 4.39 Å². The molecule has 0 aliphatic heterocycles. The second-order valence-corrected chi connectivity index (χ2v) is 6.09. The van der Waals surface area contributed by atoms with Gasteiger partial charge in [-0.2, -0.15) is 0 Å². The Balaban J connectivity index is 2.04. The van der Waals surface area contributed by atoms with E-state index in [1.807, 2.05) is 13.8 Å². The molecule has 104 valence electrons. The Morgan fingerprint density at radius 1 is 1.37 bits per heavy atom. The van der Waals surface area contributed by atoms with Crippen molar-refractivity contribution in [2.24, 2.45) is 5.41 Å². The summed E-state index contributed by atoms with van der Waals surface area (Å²) in [6, 6.07) is 6.14. The highest BCUT2D eigenvalue weighted by atomic mass is 19.1. The summed E-state index contributed by atoms with van der Waals surface area (Å²) in [7, 11) is 0. The van der Waals surface area contributed by atoms with E-state index in [0.717, 1.165) is 18.4 Å². The third kappa shape index (κ3) is 2.95. The molecule has 0 atom stereocenters. The van der Waals surface area contributed by atoms with Gasteiger partial charge in [0.2, 0.25) is 5.91 Å². The molecule has 19 heavy (non-hydrogen) atoms. The molecule has 3 nitrogen and oxygen atoms in total. The average Bonchev–Trinajstić information content (AvgIpc) is 3.18. The molecule has 1 aliphatic carbocycles. The van der Waals surface area contributed by atoms with Crippen LogP contribution < -0.4 is 5.32 Å². The lowest BCUT2D eigenvalue weighted by Gasteiger charge is -2.24. The maximum Gasteiger partial charge on any atom is 0.230 e. The van der Waals surface area contributed by atoms with Gasteiger partial charge in [0.25, 0.3) is 0 Å². The minimum absolute atomic E-state index is 0.0246. The first kappa shape index (κ1) is 14.0. The molecule has 1 aromatic rings. The Hall–Kier alpha value is -1.42. The highest BCUT2D eigenvalue weighted by Crippen LogP contribution is 2.48. The first-order valence-corrected chi connectivity index (χ1v) is 6.55. The van der Waals surface area contributed by atoms with Crippen LogP contribution in [0.15, 0.2) is 24.3 Å². The highest BCUT2D eigenvalue weighted by Gasteiger charge is 2.51. The summed E-state index contributed by atoms with van der Waals surface area (Å²) in [5.74, 6) is -0.318. The molecule has 0 aromatic heterocycles. The van der Waals surface area contributed by atoms with Crippen molar-refractivity contribution < 1.29 is 14.3 Å². The SMILES string of the molecule is CC(C)(CO)CNC(=O)C1(c2ccc(F)cc2)CC1. The van der Waals surface area contributed by atoms with Gasteiger partial charge in [0, 0.05) is 18.6 Å². The first-order chi connectivity index (χ1) is 8.89. The van der Waals surface area contributed by atoms with Crippen molar-refractivity contribution in [1.82, 2.24) is 5.32 Å². The molecule has 0 bridgehead atoms. The van der Waals surface area contributed by atoms with Crippen LogP contribution in [0.2, 0.25) is 0 Å². The molecule has 0 spiro atoms. The second-order valence-electron chi connectivity index (χ2n) is 6.09. The Labute approximate surface area is 112 Å². The predicted molar refractivity (Wildman–Crippen MR) is 71.2 cm³/mol. The molecule has 0 saturated heterocycles. The van der Waals surface area contributed by atoms with Crippen molar-refractivity contribution in [2.75, 3.05) is 13.2 Å². The van der Waals surface area contributed by atoms with Gasteiger partial charge in [-0.15, -0.1) is 0 Å². The van der Waals surface area contributed by atoms with Gasteiger partial charge in [-0.3, -0.25) is 4.79 Å². The summed E-state index contributed by atoms with van der Waals surface area (Å²) >= 11 is 0. The molecular weight excluding hydrogens is 245 g/mol. The maximum absolute atomic E-state index is 12.9. The van der Waals surface area contributed by atoms with Gasteiger partial charge >= 0.3 is 0 Å². The molecule has 4 heteroatoms. The van der Waals surface area contributed by atoms with Crippen molar-refractivity contribution in [1.29, 1.82) is 0 Å². The van der Waals surface area contributed by atoms with Gasteiger partial charge in [0.1, 0.15) is 5.82 Å². The fraction of sp³-hybridized carbons (Fsp3) is 0.533. The van der Waals surface area contributed by atoms with E-state index in [1.165, 1.54) is 12.1 Å². The van der Waals surface area contributed by atoms with Crippen LogP contribution >= 0.6 is 0 Å². The molecule has 1 fully saturated rings. The zero-order valence-electron chi connectivity index (χ0n) is 11.4. The van der Waals surface area contributed by atoms with Crippen molar-refractivity contribution in [2.45, 2.75) is 32.1 Å². The van der Waals surface area contributed by atoms with Gasteiger partial charge in [-0.05, 0) is 30.5 Å². The van der Waals surface area contributed by atoms with E-state index in [9.17, 15) is 14.3 Å². The molecule has 1 aliphatic rings. The molecule has 2 N–H and O–H groups in total. The molecular formula is C15H20FNO2. The summed E-state index contributed by atoms with van der Waals surface area (Å²) in [5.41, 5.74) is 0.0570. The zero-order chi connectivity index (χ0) is 14.1. The number of hydrogen-bond acceptors (Lipinski definition) is 2. The second kappa shape index (κ2) is 4.93. The lowest BCUT2D eigenvalue weighted by atomic mass is 9.92. The Bertz CT molecular complexity index is 464. The third-order valence-electron chi connectivity index (χ3n) is 3.74. The number of aliphatic hydroxyl groups is 1. The van der Waals surface area contributed by atoms with Crippen molar-refractivity contribution in [3.05, 3.63) is 35.6 Å². The minimum atomic E-state index is -0.487.